The number of hydrogen-bond acceptors (Lipinski definition) is 5. The van der Waals surface area contributed by atoms with Gasteiger partial charge in [-0.25, -0.2) is 0 Å². The normalized spacial score (nSPS) is 14.0. The van der Waals surface area contributed by atoms with Gasteiger partial charge in [-0.3, -0.25) is 4.79 Å². The maximum Gasteiger partial charge on any atom is 0.323 e. The van der Waals surface area contributed by atoms with E-state index in [9.17, 15) is 9.90 Å². The van der Waals surface area contributed by atoms with Crippen LogP contribution >= 0.6 is 0 Å². The number of rotatable bonds is 15. The molecule has 1 atom stereocenters. The summed E-state index contributed by atoms with van der Waals surface area (Å²) in [6.07, 6.45) is 3.21. The summed E-state index contributed by atoms with van der Waals surface area (Å²) in [4.78, 5) is 11.3. The van der Waals surface area contributed by atoms with Crippen LogP contribution in [-0.4, -0.2) is 63.3 Å². The van der Waals surface area contributed by atoms with Gasteiger partial charge in [0.2, 0.25) is 0 Å². The molecule has 0 radical (unpaired) electrons. The van der Waals surface area contributed by atoms with Crippen molar-refractivity contribution in [1.29, 1.82) is 0 Å². The first-order valence-corrected chi connectivity index (χ1v) is 7.69. The van der Waals surface area contributed by atoms with Gasteiger partial charge in [0.25, 0.3) is 0 Å². The third kappa shape index (κ3) is 10.6. The largest absolute Gasteiger partial charge is 0.480 e. The number of nitrogens with one attached hydrogen (secondary N) is 1. The molecule has 21 heavy (non-hydrogen) atoms. The highest BCUT2D eigenvalue weighted by Gasteiger charge is 2.31. The summed E-state index contributed by atoms with van der Waals surface area (Å²) in [6, 6.07) is 0. The number of carbonyl (C=O) groups is 1. The molecule has 0 aromatic rings. The highest BCUT2D eigenvalue weighted by Crippen LogP contribution is 2.14. The number of methoxy groups -OCH3 is 1. The first-order valence-electron chi connectivity index (χ1n) is 7.69. The predicted molar refractivity (Wildman–Crippen MR) is 81.7 cm³/mol. The van der Waals surface area contributed by atoms with E-state index in [-0.39, 0.29) is 0 Å². The molecule has 0 bridgehead atoms. The van der Waals surface area contributed by atoms with Gasteiger partial charge in [0.05, 0.1) is 26.4 Å². The lowest BCUT2D eigenvalue weighted by molar-refractivity contribution is -0.144. The van der Waals surface area contributed by atoms with Gasteiger partial charge in [0, 0.05) is 13.7 Å². The van der Waals surface area contributed by atoms with Crippen molar-refractivity contribution in [2.75, 3.05) is 46.7 Å². The lowest BCUT2D eigenvalue weighted by Crippen LogP contribution is -2.49. The Morgan fingerprint density at radius 2 is 1.71 bits per heavy atom. The highest BCUT2D eigenvalue weighted by molar-refractivity contribution is 5.78. The first-order chi connectivity index (χ1) is 10.1. The molecule has 6 heteroatoms. The molecule has 2 N–H and O–H groups in total. The van der Waals surface area contributed by atoms with Gasteiger partial charge in [0.1, 0.15) is 5.54 Å². The van der Waals surface area contributed by atoms with Gasteiger partial charge in [-0.15, -0.1) is 0 Å². The van der Waals surface area contributed by atoms with Crippen LogP contribution in [0.4, 0.5) is 0 Å². The van der Waals surface area contributed by atoms with Crippen LogP contribution in [0.15, 0.2) is 0 Å². The average molecular weight is 305 g/mol. The number of hydrogen-bond donors (Lipinski definition) is 2. The van der Waals surface area contributed by atoms with Gasteiger partial charge in [-0.1, -0.05) is 6.92 Å². The zero-order valence-electron chi connectivity index (χ0n) is 13.7. The monoisotopic (exact) mass is 305 g/mol. The SMILES string of the molecule is CCCNC(C)(CCCCOCCOCCOC)C(=O)O. The van der Waals surface area contributed by atoms with Crippen LogP contribution < -0.4 is 5.32 Å². The third-order valence-corrected chi connectivity index (χ3v) is 3.26. The molecule has 0 aromatic heterocycles. The van der Waals surface area contributed by atoms with E-state index in [0.717, 1.165) is 25.8 Å². The summed E-state index contributed by atoms with van der Waals surface area (Å²) < 4.78 is 15.6. The molecular formula is C15H31NO5. The van der Waals surface area contributed by atoms with Crippen LogP contribution in [0.2, 0.25) is 0 Å². The van der Waals surface area contributed by atoms with E-state index in [0.29, 0.717) is 39.5 Å². The predicted octanol–water partition coefficient (Wildman–Crippen LogP) is 1.68. The van der Waals surface area contributed by atoms with Crippen molar-refractivity contribution in [3.63, 3.8) is 0 Å². The Labute approximate surface area is 128 Å². The molecule has 0 saturated carbocycles. The molecule has 0 aliphatic rings. The van der Waals surface area contributed by atoms with Gasteiger partial charge in [0.15, 0.2) is 0 Å². The van der Waals surface area contributed by atoms with Crippen molar-refractivity contribution >= 4 is 5.97 Å². The Morgan fingerprint density at radius 1 is 1.10 bits per heavy atom. The Morgan fingerprint density at radius 3 is 2.29 bits per heavy atom. The molecule has 0 aliphatic carbocycles. The average Bonchev–Trinajstić information content (AvgIpc) is 2.47. The molecule has 0 aromatic carbocycles. The molecule has 6 nitrogen and oxygen atoms in total. The molecule has 126 valence electrons. The van der Waals surface area contributed by atoms with Gasteiger partial charge in [-0.05, 0) is 39.2 Å². The van der Waals surface area contributed by atoms with Crippen LogP contribution in [0.25, 0.3) is 0 Å². The maximum atomic E-state index is 11.3. The molecule has 0 saturated heterocycles. The fourth-order valence-corrected chi connectivity index (χ4v) is 1.82. The Balaban J connectivity index is 3.56. The van der Waals surface area contributed by atoms with Crippen LogP contribution in [0.1, 0.15) is 39.5 Å². The summed E-state index contributed by atoms with van der Waals surface area (Å²) in [6.45, 7) is 7.43. The zero-order valence-corrected chi connectivity index (χ0v) is 13.7. The van der Waals surface area contributed by atoms with Gasteiger partial charge >= 0.3 is 5.97 Å². The number of aliphatic carboxylic acids is 1. The van der Waals surface area contributed by atoms with Crippen LogP contribution in [0.5, 0.6) is 0 Å². The molecular weight excluding hydrogens is 274 g/mol. The van der Waals surface area contributed by atoms with Crippen molar-refractivity contribution in [2.24, 2.45) is 0 Å². The summed E-state index contributed by atoms with van der Waals surface area (Å²) >= 11 is 0. The summed E-state index contributed by atoms with van der Waals surface area (Å²) in [5, 5.41) is 12.4. The molecule has 0 amide bonds. The second-order valence-corrected chi connectivity index (χ2v) is 5.24. The maximum absolute atomic E-state index is 11.3. The number of carboxylic acid groups (broad SMARTS) is 1. The van der Waals surface area contributed by atoms with E-state index < -0.39 is 11.5 Å². The third-order valence-electron chi connectivity index (χ3n) is 3.26. The van der Waals surface area contributed by atoms with Gasteiger partial charge < -0.3 is 24.6 Å². The van der Waals surface area contributed by atoms with Crippen LogP contribution in [0.3, 0.4) is 0 Å². The Hall–Kier alpha value is -0.690. The molecule has 0 rings (SSSR count). The van der Waals surface area contributed by atoms with Crippen molar-refractivity contribution in [2.45, 2.75) is 45.1 Å². The summed E-state index contributed by atoms with van der Waals surface area (Å²) in [5.41, 5.74) is -0.834. The number of carboxylic acids is 1. The van der Waals surface area contributed by atoms with E-state index >= 15 is 0 Å². The molecule has 0 aliphatic heterocycles. The molecule has 0 fully saturated rings. The second-order valence-electron chi connectivity index (χ2n) is 5.24. The topological polar surface area (TPSA) is 77.0 Å². The fourth-order valence-electron chi connectivity index (χ4n) is 1.82. The Kier molecular flexibility index (Phi) is 12.6. The second kappa shape index (κ2) is 13.0. The number of unbranched alkanes of at least 4 members (excludes halogenated alkanes) is 1. The van der Waals surface area contributed by atoms with Crippen molar-refractivity contribution in [3.05, 3.63) is 0 Å². The first kappa shape index (κ1) is 20.3. The summed E-state index contributed by atoms with van der Waals surface area (Å²) in [7, 11) is 1.64. The minimum atomic E-state index is -0.834. The molecule has 0 spiro atoms. The van der Waals surface area contributed by atoms with Crippen LogP contribution in [0, 0.1) is 0 Å². The quantitative estimate of drug-likeness (QED) is 0.448. The lowest BCUT2D eigenvalue weighted by Gasteiger charge is -2.26. The minimum Gasteiger partial charge on any atom is -0.480 e. The van der Waals surface area contributed by atoms with Crippen molar-refractivity contribution < 1.29 is 24.1 Å². The number of ether oxygens (including phenoxy) is 3. The molecule has 1 unspecified atom stereocenters. The minimum absolute atomic E-state index is 0.563. The zero-order chi connectivity index (χ0) is 16.0. The van der Waals surface area contributed by atoms with E-state index in [2.05, 4.69) is 5.32 Å². The van der Waals surface area contributed by atoms with Gasteiger partial charge in [-0.2, -0.15) is 0 Å². The summed E-state index contributed by atoms with van der Waals surface area (Å²) in [5.74, 6) is -0.789. The van der Waals surface area contributed by atoms with Crippen molar-refractivity contribution in [3.8, 4) is 0 Å². The smallest absolute Gasteiger partial charge is 0.323 e. The van der Waals surface area contributed by atoms with E-state index in [1.807, 2.05) is 6.92 Å². The van der Waals surface area contributed by atoms with Crippen LogP contribution in [-0.2, 0) is 19.0 Å². The fraction of sp³-hybridized carbons (Fsp3) is 0.933. The highest BCUT2D eigenvalue weighted by atomic mass is 16.5. The Bertz CT molecular complexity index is 262. The van der Waals surface area contributed by atoms with E-state index in [1.165, 1.54) is 0 Å². The molecule has 0 heterocycles. The van der Waals surface area contributed by atoms with E-state index in [4.69, 9.17) is 14.2 Å². The lowest BCUT2D eigenvalue weighted by atomic mass is 9.95. The standard InChI is InChI=1S/C15H31NO5/c1-4-8-16-15(2,14(17)18)7-5-6-9-20-12-13-21-11-10-19-3/h16H,4-13H2,1-3H3,(H,17,18). The van der Waals surface area contributed by atoms with Crippen molar-refractivity contribution in [1.82, 2.24) is 5.32 Å². The van der Waals surface area contributed by atoms with E-state index in [1.54, 1.807) is 14.0 Å².